The minimum Gasteiger partial charge on any atom is -0.746 e. The van der Waals surface area contributed by atoms with Crippen LogP contribution in [0.4, 0.5) is 5.69 Å². The van der Waals surface area contributed by atoms with Gasteiger partial charge in [-0.3, -0.25) is 14.7 Å². The van der Waals surface area contributed by atoms with E-state index in [2.05, 4.69) is 4.52 Å². The first-order valence-corrected chi connectivity index (χ1v) is 6.27. The fourth-order valence-electron chi connectivity index (χ4n) is 1.62. The summed E-state index contributed by atoms with van der Waals surface area (Å²) >= 11 is 0. The molecule has 8 heteroatoms. The van der Waals surface area contributed by atoms with Crippen LogP contribution >= 0.6 is 7.82 Å². The molecule has 2 rings (SSSR count). The number of nitro groups is 1. The van der Waals surface area contributed by atoms with Gasteiger partial charge in [0.15, 0.2) is 0 Å². The lowest BCUT2D eigenvalue weighted by atomic mass is 10.1. The average molecular weight is 268 g/mol. The van der Waals surface area contributed by atoms with E-state index in [0.717, 1.165) is 12.1 Å². The number of phosphoric ester groups is 1. The van der Waals surface area contributed by atoms with Crippen molar-refractivity contribution in [3.63, 3.8) is 0 Å². The predicted octanol–water partition coefficient (Wildman–Crippen LogP) is 1.59. The highest BCUT2D eigenvalue weighted by Gasteiger charge is 2.16. The second-order valence-corrected chi connectivity index (χ2v) is 4.57. The highest BCUT2D eigenvalue weighted by molar-refractivity contribution is 7.45. The largest absolute Gasteiger partial charge is 0.746 e. The predicted molar refractivity (Wildman–Crippen MR) is 61.1 cm³/mol. The Balaban J connectivity index is 2.68. The van der Waals surface area contributed by atoms with Crippen molar-refractivity contribution in [3.05, 3.63) is 46.5 Å². The van der Waals surface area contributed by atoms with Gasteiger partial charge in [-0.15, -0.1) is 0 Å². The second-order valence-electron chi connectivity index (χ2n) is 3.45. The lowest BCUT2D eigenvalue weighted by Crippen LogP contribution is -2.06. The van der Waals surface area contributed by atoms with E-state index in [1.54, 1.807) is 12.1 Å². The van der Waals surface area contributed by atoms with Crippen LogP contribution in [0.15, 0.2) is 36.4 Å². The number of rotatable bonds is 3. The van der Waals surface area contributed by atoms with Crippen LogP contribution in [0, 0.1) is 10.1 Å². The summed E-state index contributed by atoms with van der Waals surface area (Å²) < 4.78 is 15.1. The third kappa shape index (κ3) is 2.48. The molecule has 0 aromatic heterocycles. The smallest absolute Gasteiger partial charge is 0.317 e. The van der Waals surface area contributed by atoms with Gasteiger partial charge in [-0.05, 0) is 12.1 Å². The average Bonchev–Trinajstić information content (AvgIpc) is 2.27. The van der Waals surface area contributed by atoms with E-state index in [4.69, 9.17) is 4.89 Å². The Morgan fingerprint density at radius 2 is 1.78 bits per heavy atom. The van der Waals surface area contributed by atoms with E-state index >= 15 is 0 Å². The molecule has 0 amide bonds. The van der Waals surface area contributed by atoms with Crippen LogP contribution in [0.2, 0.25) is 0 Å². The first-order chi connectivity index (χ1) is 8.38. The molecule has 7 nitrogen and oxygen atoms in total. The van der Waals surface area contributed by atoms with Crippen LogP contribution in [0.1, 0.15) is 0 Å². The van der Waals surface area contributed by atoms with Gasteiger partial charge in [0.1, 0.15) is 5.75 Å². The third-order valence-electron chi connectivity index (χ3n) is 2.27. The summed E-state index contributed by atoms with van der Waals surface area (Å²) in [4.78, 5) is 29.6. The molecule has 0 fully saturated rings. The Hall–Kier alpha value is -1.95. The van der Waals surface area contributed by atoms with Crippen molar-refractivity contribution in [1.82, 2.24) is 0 Å². The van der Waals surface area contributed by atoms with Crippen LogP contribution < -0.4 is 9.42 Å². The van der Waals surface area contributed by atoms with Crippen molar-refractivity contribution in [2.24, 2.45) is 0 Å². The van der Waals surface area contributed by atoms with Crippen LogP contribution in [-0.2, 0) is 4.57 Å². The van der Waals surface area contributed by atoms with Gasteiger partial charge < -0.3 is 14.3 Å². The van der Waals surface area contributed by atoms with Gasteiger partial charge in [0.2, 0.25) is 0 Å². The minimum atomic E-state index is -4.95. The number of benzene rings is 2. The molecule has 0 saturated carbocycles. The number of nitrogens with zero attached hydrogens (tertiary/aromatic N) is 1. The summed E-state index contributed by atoms with van der Waals surface area (Å²) in [7, 11) is -4.95. The molecule has 1 unspecified atom stereocenters. The Bertz CT molecular complexity index is 664. The molecular weight excluding hydrogens is 261 g/mol. The van der Waals surface area contributed by atoms with Crippen LogP contribution in [0.5, 0.6) is 5.75 Å². The van der Waals surface area contributed by atoms with E-state index in [-0.39, 0.29) is 22.2 Å². The van der Waals surface area contributed by atoms with Crippen LogP contribution in [0.3, 0.4) is 0 Å². The van der Waals surface area contributed by atoms with E-state index in [9.17, 15) is 19.6 Å². The van der Waals surface area contributed by atoms with Crippen molar-refractivity contribution in [2.75, 3.05) is 0 Å². The van der Waals surface area contributed by atoms with Gasteiger partial charge in [-0.1, -0.05) is 18.2 Å². The first-order valence-electron chi connectivity index (χ1n) is 4.78. The van der Waals surface area contributed by atoms with E-state index in [1.807, 2.05) is 0 Å². The lowest BCUT2D eigenvalue weighted by molar-refractivity contribution is -0.383. The molecule has 1 N–H and O–H groups in total. The first kappa shape index (κ1) is 12.5. The number of non-ortho nitro benzene ring substituents is 1. The number of hydrogen-bond donors (Lipinski definition) is 1. The zero-order valence-corrected chi connectivity index (χ0v) is 9.74. The van der Waals surface area contributed by atoms with Crippen molar-refractivity contribution >= 4 is 24.3 Å². The van der Waals surface area contributed by atoms with E-state index in [0.29, 0.717) is 0 Å². The fraction of sp³-hybridized carbons (Fsp3) is 0. The SMILES string of the molecule is O=[N+]([O-])c1ccc(OP(=O)([O-])O)c2ccccc12. The molecule has 2 aromatic carbocycles. The monoisotopic (exact) mass is 268 g/mol. The van der Waals surface area contributed by atoms with Gasteiger partial charge in [-0.25, -0.2) is 0 Å². The van der Waals surface area contributed by atoms with Gasteiger partial charge in [0.25, 0.3) is 5.69 Å². The van der Waals surface area contributed by atoms with E-state index in [1.165, 1.54) is 12.1 Å². The zero-order valence-electron chi connectivity index (χ0n) is 8.85. The molecule has 0 radical (unpaired) electrons. The molecule has 1 atom stereocenters. The molecule has 0 aliphatic rings. The molecule has 0 spiro atoms. The fourth-order valence-corrected chi connectivity index (χ4v) is 2.03. The third-order valence-corrected chi connectivity index (χ3v) is 2.70. The summed E-state index contributed by atoms with van der Waals surface area (Å²) in [6, 6.07) is 8.33. The maximum Gasteiger partial charge on any atom is 0.317 e. The van der Waals surface area contributed by atoms with Crippen LogP contribution in [-0.4, -0.2) is 9.82 Å². The summed E-state index contributed by atoms with van der Waals surface area (Å²) in [5, 5.41) is 11.3. The summed E-state index contributed by atoms with van der Waals surface area (Å²) in [6.07, 6.45) is 0. The van der Waals surface area contributed by atoms with Crippen LogP contribution in [0.25, 0.3) is 10.8 Å². The van der Waals surface area contributed by atoms with Crippen molar-refractivity contribution < 1.29 is 23.8 Å². The topological polar surface area (TPSA) is 113 Å². The molecule has 2 aromatic rings. The van der Waals surface area contributed by atoms with Gasteiger partial charge in [0.05, 0.1) is 10.3 Å². The highest BCUT2D eigenvalue weighted by Crippen LogP contribution is 2.39. The molecule has 18 heavy (non-hydrogen) atoms. The van der Waals surface area contributed by atoms with Crippen molar-refractivity contribution in [2.45, 2.75) is 0 Å². The standard InChI is InChI=1S/C10H8NO6P/c12-11(13)9-5-6-10(17-18(14,15)16)8-4-2-1-3-7(8)9/h1-6H,(H2,14,15,16)/p-1. The van der Waals surface area contributed by atoms with Gasteiger partial charge in [-0.2, -0.15) is 0 Å². The maximum atomic E-state index is 10.8. The number of phosphoric acid groups is 1. The summed E-state index contributed by atoms with van der Waals surface area (Å²) in [5.41, 5.74) is -0.170. The zero-order chi connectivity index (χ0) is 13.3. The molecular formula is C10H7NO6P-. The summed E-state index contributed by atoms with van der Waals surface area (Å²) in [5.74, 6) is -0.156. The summed E-state index contributed by atoms with van der Waals surface area (Å²) in [6.45, 7) is 0. The number of nitro benzene ring substituents is 1. The Morgan fingerprint density at radius 1 is 1.17 bits per heavy atom. The van der Waals surface area contributed by atoms with Crippen molar-refractivity contribution in [3.8, 4) is 5.75 Å². The maximum absolute atomic E-state index is 10.8. The molecule has 94 valence electrons. The highest BCUT2D eigenvalue weighted by atomic mass is 31.2. The normalized spacial score (nSPS) is 14.1. The number of fused-ring (bicyclic) bond motifs is 1. The molecule has 0 heterocycles. The Labute approximate surface area is 101 Å². The Morgan fingerprint density at radius 3 is 2.33 bits per heavy atom. The van der Waals surface area contributed by atoms with E-state index < -0.39 is 12.7 Å². The minimum absolute atomic E-state index is 0.156. The molecule has 0 saturated heterocycles. The molecule has 0 bridgehead atoms. The van der Waals surface area contributed by atoms with Gasteiger partial charge in [0, 0.05) is 11.5 Å². The van der Waals surface area contributed by atoms with Gasteiger partial charge >= 0.3 is 7.82 Å². The molecule has 0 aliphatic carbocycles. The molecule has 0 aliphatic heterocycles. The lowest BCUT2D eigenvalue weighted by Gasteiger charge is -2.17. The Kier molecular flexibility index (Phi) is 3.04. The number of hydrogen-bond acceptors (Lipinski definition) is 5. The quantitative estimate of drug-likeness (QED) is 0.513. The van der Waals surface area contributed by atoms with Crippen molar-refractivity contribution in [1.29, 1.82) is 0 Å². The second kappa shape index (κ2) is 4.38.